The molecule has 0 fully saturated rings. The third-order valence-electron chi connectivity index (χ3n) is 4.60. The Morgan fingerprint density at radius 3 is 2.37 bits per heavy atom. The zero-order valence-corrected chi connectivity index (χ0v) is 18.2. The van der Waals surface area contributed by atoms with E-state index in [1.807, 2.05) is 30.4 Å². The lowest BCUT2D eigenvalue weighted by Crippen LogP contribution is -2.26. The monoisotopic (exact) mass is 426 g/mol. The average Bonchev–Trinajstić information content (AvgIpc) is 3.18. The highest BCUT2D eigenvalue weighted by Gasteiger charge is 2.11. The zero-order chi connectivity index (χ0) is 21.9. The van der Waals surface area contributed by atoms with Gasteiger partial charge < -0.3 is 10.0 Å². The van der Waals surface area contributed by atoms with Crippen molar-refractivity contribution in [1.29, 1.82) is 5.26 Å². The van der Waals surface area contributed by atoms with Gasteiger partial charge >= 0.3 is 5.97 Å². The van der Waals surface area contributed by atoms with Crippen molar-refractivity contribution in [3.05, 3.63) is 57.0 Å². The summed E-state index contributed by atoms with van der Waals surface area (Å²) in [6.07, 6.45) is 9.26. The summed E-state index contributed by atoms with van der Waals surface area (Å²) >= 11 is 1.36. The molecule has 2 aromatic rings. The van der Waals surface area contributed by atoms with E-state index in [2.05, 4.69) is 18.7 Å². The Morgan fingerprint density at radius 1 is 1.13 bits per heavy atom. The largest absolute Gasteiger partial charge is 0.477 e. The number of nitrogens with zero attached hydrogens (tertiary/aromatic N) is 2. The molecule has 0 atom stereocenters. The molecule has 1 aromatic heterocycles. The lowest BCUT2D eigenvalue weighted by atomic mass is 10.1. The predicted molar refractivity (Wildman–Crippen MR) is 123 cm³/mol. The van der Waals surface area contributed by atoms with Crippen LogP contribution in [0.4, 0.5) is 10.1 Å². The van der Waals surface area contributed by atoms with Gasteiger partial charge in [0.05, 0.1) is 5.69 Å². The molecular formula is C24H27FN2O2S. The number of aliphatic carboxylic acids is 1. The number of carboxylic acid groups (broad SMARTS) is 1. The summed E-state index contributed by atoms with van der Waals surface area (Å²) in [4.78, 5) is 14.6. The molecule has 0 aliphatic rings. The van der Waals surface area contributed by atoms with E-state index in [1.165, 1.54) is 17.4 Å². The van der Waals surface area contributed by atoms with Crippen molar-refractivity contribution in [3.8, 4) is 6.07 Å². The Bertz CT molecular complexity index is 948. The van der Waals surface area contributed by atoms with Crippen molar-refractivity contribution < 1.29 is 14.3 Å². The fourth-order valence-electron chi connectivity index (χ4n) is 2.93. The first kappa shape index (κ1) is 23.4. The highest BCUT2D eigenvalue weighted by Crippen LogP contribution is 2.25. The molecule has 1 heterocycles. The van der Waals surface area contributed by atoms with E-state index in [-0.39, 0.29) is 11.4 Å². The summed E-state index contributed by atoms with van der Waals surface area (Å²) < 4.78 is 14.8. The Balaban J connectivity index is 2.14. The maximum Gasteiger partial charge on any atom is 0.346 e. The maximum atomic E-state index is 14.8. The first-order chi connectivity index (χ1) is 14.5. The highest BCUT2D eigenvalue weighted by molar-refractivity contribution is 7.13. The third-order valence-corrected chi connectivity index (χ3v) is 5.60. The van der Waals surface area contributed by atoms with Gasteiger partial charge in [0.15, 0.2) is 0 Å². The summed E-state index contributed by atoms with van der Waals surface area (Å²) in [7, 11) is 0. The number of thiophene rings is 1. The van der Waals surface area contributed by atoms with Crippen LogP contribution in [0, 0.1) is 17.1 Å². The summed E-state index contributed by atoms with van der Waals surface area (Å²) in [5.74, 6) is -1.47. The molecule has 0 spiro atoms. The number of benzene rings is 1. The summed E-state index contributed by atoms with van der Waals surface area (Å²) in [5.41, 5.74) is 1.10. The topological polar surface area (TPSA) is 64.3 Å². The van der Waals surface area contributed by atoms with Crippen molar-refractivity contribution >= 4 is 41.2 Å². The molecule has 0 aliphatic heterocycles. The van der Waals surface area contributed by atoms with Crippen LogP contribution >= 0.6 is 11.3 Å². The standard InChI is InChI=1S/C24H27FN2O2S/c1-3-5-13-27(14-6-4-2)23-12-8-18(15-22(23)25)7-9-20-10-11-21(30-20)16-19(17-26)24(28)29/h7-12,15-16H,3-6,13-14H2,1-2H3,(H,28,29). The van der Waals surface area contributed by atoms with Crippen molar-refractivity contribution in [2.75, 3.05) is 18.0 Å². The highest BCUT2D eigenvalue weighted by atomic mass is 32.1. The van der Waals surface area contributed by atoms with Crippen LogP contribution in [0.1, 0.15) is 54.8 Å². The number of hydrogen-bond acceptors (Lipinski definition) is 4. The molecule has 0 aliphatic carbocycles. The van der Waals surface area contributed by atoms with E-state index in [4.69, 9.17) is 10.4 Å². The van der Waals surface area contributed by atoms with Crippen molar-refractivity contribution in [1.82, 2.24) is 0 Å². The smallest absolute Gasteiger partial charge is 0.346 e. The second kappa shape index (κ2) is 11.9. The number of unbranched alkanes of at least 4 members (excludes halogenated alkanes) is 2. The van der Waals surface area contributed by atoms with E-state index in [1.54, 1.807) is 18.2 Å². The van der Waals surface area contributed by atoms with Crippen LogP contribution in [0.5, 0.6) is 0 Å². The molecule has 2 rings (SSSR count). The number of halogens is 1. The normalized spacial score (nSPS) is 11.6. The van der Waals surface area contributed by atoms with Crippen molar-refractivity contribution in [3.63, 3.8) is 0 Å². The summed E-state index contributed by atoms with van der Waals surface area (Å²) in [6.45, 7) is 5.98. The number of anilines is 1. The zero-order valence-electron chi connectivity index (χ0n) is 17.4. The summed E-state index contributed by atoms with van der Waals surface area (Å²) in [5, 5.41) is 17.8. The number of hydrogen-bond donors (Lipinski definition) is 1. The Morgan fingerprint density at radius 2 is 1.80 bits per heavy atom. The van der Waals surface area contributed by atoms with Gasteiger partial charge in [-0.05, 0) is 54.8 Å². The molecule has 158 valence electrons. The number of carboxylic acids is 1. The molecular weight excluding hydrogens is 399 g/mol. The molecule has 4 nitrogen and oxygen atoms in total. The van der Waals surface area contributed by atoms with Gasteiger partial charge in [-0.3, -0.25) is 0 Å². The second-order valence-electron chi connectivity index (χ2n) is 6.95. The van der Waals surface area contributed by atoms with Crippen LogP contribution in [0.3, 0.4) is 0 Å². The van der Waals surface area contributed by atoms with E-state index in [9.17, 15) is 9.18 Å². The van der Waals surface area contributed by atoms with Crippen LogP contribution in [-0.2, 0) is 4.79 Å². The Kier molecular flexibility index (Phi) is 9.30. The fraction of sp³-hybridized carbons (Fsp3) is 0.333. The van der Waals surface area contributed by atoms with Crippen molar-refractivity contribution in [2.24, 2.45) is 0 Å². The van der Waals surface area contributed by atoms with E-state index in [0.29, 0.717) is 10.6 Å². The first-order valence-corrected chi connectivity index (χ1v) is 11.0. The lowest BCUT2D eigenvalue weighted by Gasteiger charge is -2.25. The third kappa shape index (κ3) is 6.85. The fourth-order valence-corrected chi connectivity index (χ4v) is 3.79. The molecule has 0 saturated carbocycles. The molecule has 0 unspecified atom stereocenters. The van der Waals surface area contributed by atoms with E-state index < -0.39 is 5.97 Å². The number of carbonyl (C=O) groups is 1. The maximum absolute atomic E-state index is 14.8. The van der Waals surface area contributed by atoms with Gasteiger partial charge in [-0.1, -0.05) is 38.8 Å². The second-order valence-corrected chi connectivity index (χ2v) is 8.10. The summed E-state index contributed by atoms with van der Waals surface area (Å²) in [6, 6.07) is 10.6. The van der Waals surface area contributed by atoms with E-state index in [0.717, 1.165) is 49.2 Å². The van der Waals surface area contributed by atoms with Gasteiger partial charge in [0.25, 0.3) is 0 Å². The molecule has 0 amide bonds. The minimum absolute atomic E-state index is 0.223. The number of rotatable bonds is 11. The quantitative estimate of drug-likeness (QED) is 0.331. The number of nitriles is 1. The van der Waals surface area contributed by atoms with Gasteiger partial charge in [-0.15, -0.1) is 11.3 Å². The van der Waals surface area contributed by atoms with Crippen LogP contribution in [0.2, 0.25) is 0 Å². The predicted octanol–water partition coefficient (Wildman–Crippen LogP) is 6.46. The van der Waals surface area contributed by atoms with Gasteiger partial charge in [-0.2, -0.15) is 5.26 Å². The molecule has 6 heteroatoms. The van der Waals surface area contributed by atoms with Gasteiger partial charge in [0, 0.05) is 22.8 Å². The molecule has 1 N–H and O–H groups in total. The van der Waals surface area contributed by atoms with Gasteiger partial charge in [0.1, 0.15) is 17.5 Å². The van der Waals surface area contributed by atoms with Crippen LogP contribution in [0.15, 0.2) is 35.9 Å². The molecule has 0 radical (unpaired) electrons. The van der Waals surface area contributed by atoms with Crippen LogP contribution in [0.25, 0.3) is 18.2 Å². The molecule has 0 saturated heterocycles. The average molecular weight is 427 g/mol. The first-order valence-electron chi connectivity index (χ1n) is 10.2. The minimum atomic E-state index is -1.24. The molecule has 1 aromatic carbocycles. The minimum Gasteiger partial charge on any atom is -0.477 e. The van der Waals surface area contributed by atoms with Crippen LogP contribution in [-0.4, -0.2) is 24.2 Å². The van der Waals surface area contributed by atoms with Gasteiger partial charge in [0.2, 0.25) is 0 Å². The Labute approximate surface area is 181 Å². The molecule has 30 heavy (non-hydrogen) atoms. The Hall–Kier alpha value is -2.91. The lowest BCUT2D eigenvalue weighted by molar-refractivity contribution is -0.132. The SMILES string of the molecule is CCCCN(CCCC)c1ccc(C=Cc2ccc(C=C(C#N)C(=O)O)s2)cc1F. The van der Waals surface area contributed by atoms with E-state index >= 15 is 0 Å². The molecule has 0 bridgehead atoms. The van der Waals surface area contributed by atoms with Gasteiger partial charge in [-0.25, -0.2) is 9.18 Å². The van der Waals surface area contributed by atoms with Crippen molar-refractivity contribution in [2.45, 2.75) is 39.5 Å². The van der Waals surface area contributed by atoms with Crippen LogP contribution < -0.4 is 4.90 Å².